The average Bonchev–Trinajstić information content (AvgIpc) is 3.43. The van der Waals surface area contributed by atoms with Crippen molar-refractivity contribution >= 4 is 21.9 Å². The summed E-state index contributed by atoms with van der Waals surface area (Å²) in [5.74, 6) is 3.15. The normalized spacial score (nSPS) is 50.4. The van der Waals surface area contributed by atoms with Gasteiger partial charge in [-0.05, 0) is 104 Å². The fourth-order valence-corrected chi connectivity index (χ4v) is 11.1. The summed E-state index contributed by atoms with van der Waals surface area (Å²) in [6.07, 6.45) is 11.3. The van der Waals surface area contributed by atoms with Crippen LogP contribution in [-0.4, -0.2) is 32.7 Å². The number of rotatable bonds is 6. The third-order valence-corrected chi connectivity index (χ3v) is 11.9. The molecule has 1 amide bonds. The van der Waals surface area contributed by atoms with Gasteiger partial charge in [0.25, 0.3) is 0 Å². The molecule has 6 bridgehead atoms. The quantitative estimate of drug-likeness (QED) is 0.567. The van der Waals surface area contributed by atoms with E-state index < -0.39 is 27.8 Å². The Morgan fingerprint density at radius 2 is 1.32 bits per heavy atom. The molecule has 0 spiro atoms. The smallest absolute Gasteiger partial charge is 0.310 e. The van der Waals surface area contributed by atoms with E-state index in [0.717, 1.165) is 37.4 Å². The van der Waals surface area contributed by atoms with Crippen molar-refractivity contribution in [2.75, 3.05) is 6.26 Å². The Balaban J connectivity index is 1.28. The highest BCUT2D eigenvalue weighted by Crippen LogP contribution is 2.68. The maximum atomic E-state index is 13.9. The lowest BCUT2D eigenvalue weighted by atomic mass is 9.55. The Bertz CT molecular complexity index is 934. The first-order chi connectivity index (χ1) is 16.2. The van der Waals surface area contributed by atoms with Crippen LogP contribution in [-0.2, 0) is 24.3 Å². The van der Waals surface area contributed by atoms with Crippen LogP contribution in [0.2, 0.25) is 0 Å². The van der Waals surface area contributed by atoms with E-state index in [2.05, 4.69) is 18.6 Å². The van der Waals surface area contributed by atoms with Gasteiger partial charge in [0, 0.05) is 0 Å². The molecule has 6 nitrogen and oxygen atoms in total. The number of ether oxygens (including phenoxy) is 1. The van der Waals surface area contributed by atoms with Crippen LogP contribution in [0.5, 0.6) is 0 Å². The second-order valence-electron chi connectivity index (χ2n) is 12.9. The molecule has 1 N–H and O–H groups in total. The summed E-state index contributed by atoms with van der Waals surface area (Å²) in [6.45, 7) is 4.48. The molecule has 0 aliphatic heterocycles. The first-order valence-electron chi connectivity index (χ1n) is 13.9. The Morgan fingerprint density at radius 3 is 1.82 bits per heavy atom. The Labute approximate surface area is 204 Å². The summed E-state index contributed by atoms with van der Waals surface area (Å²) >= 11 is 0. The minimum Gasteiger partial charge on any atom is -0.462 e. The highest BCUT2D eigenvalue weighted by atomic mass is 32.2. The van der Waals surface area contributed by atoms with Crippen molar-refractivity contribution in [1.29, 1.82) is 0 Å². The van der Waals surface area contributed by atoms with E-state index in [0.29, 0.717) is 35.5 Å². The zero-order chi connectivity index (χ0) is 23.9. The predicted molar refractivity (Wildman–Crippen MR) is 128 cm³/mol. The molecule has 8 unspecified atom stereocenters. The fourth-order valence-electron chi connectivity index (χ4n) is 10.6. The van der Waals surface area contributed by atoms with Crippen molar-refractivity contribution in [2.45, 2.75) is 77.7 Å². The van der Waals surface area contributed by atoms with Gasteiger partial charge in [-0.1, -0.05) is 26.7 Å². The molecule has 7 rings (SSSR count). The molecule has 0 radical (unpaired) electrons. The third kappa shape index (κ3) is 3.57. The van der Waals surface area contributed by atoms with Crippen LogP contribution in [0.25, 0.3) is 0 Å². The fraction of sp³-hybridized carbons (Fsp3) is 0.926. The maximum Gasteiger partial charge on any atom is 0.310 e. The lowest BCUT2D eigenvalue weighted by Crippen LogP contribution is -2.52. The topological polar surface area (TPSA) is 89.5 Å². The van der Waals surface area contributed by atoms with Crippen molar-refractivity contribution in [3.63, 3.8) is 0 Å². The number of hydrogen-bond donors (Lipinski definition) is 1. The van der Waals surface area contributed by atoms with Gasteiger partial charge >= 0.3 is 5.97 Å². The number of amides is 1. The lowest BCUT2D eigenvalue weighted by molar-refractivity contribution is -0.181. The van der Waals surface area contributed by atoms with Gasteiger partial charge in [0.1, 0.15) is 6.10 Å². The van der Waals surface area contributed by atoms with Gasteiger partial charge in [-0.15, -0.1) is 0 Å². The van der Waals surface area contributed by atoms with Crippen LogP contribution >= 0.6 is 0 Å². The van der Waals surface area contributed by atoms with Crippen molar-refractivity contribution in [3.05, 3.63) is 0 Å². The Hall–Kier alpha value is -1.11. The molecular formula is C27H41NO5S. The molecule has 7 fully saturated rings. The third-order valence-electron chi connectivity index (χ3n) is 11.3. The van der Waals surface area contributed by atoms with E-state index in [4.69, 9.17) is 4.74 Å². The standard InChI is InChI=1S/C27H41NO5S/c1-4-15-11-16(5-2)22-20-12-19(21(15)22)23(26(29)28-34(3,31)32)24(20)27(30)33-25-17-7-13-6-14(9-17)10-18(25)8-13/h13-25H,4-12H2,1-3H3,(H,28,29). The second kappa shape index (κ2) is 8.21. The van der Waals surface area contributed by atoms with Crippen LogP contribution in [0, 0.1) is 71.0 Å². The molecule has 0 aromatic rings. The number of fused-ring (bicyclic) bond motifs is 5. The number of hydrogen-bond acceptors (Lipinski definition) is 5. The molecule has 0 aromatic heterocycles. The highest BCUT2D eigenvalue weighted by Gasteiger charge is 2.67. The number of esters is 1. The van der Waals surface area contributed by atoms with Crippen molar-refractivity contribution in [1.82, 2.24) is 4.72 Å². The highest BCUT2D eigenvalue weighted by molar-refractivity contribution is 7.89. The molecular weight excluding hydrogens is 450 g/mol. The summed E-state index contributed by atoms with van der Waals surface area (Å²) in [4.78, 5) is 27.2. The zero-order valence-electron chi connectivity index (χ0n) is 20.8. The van der Waals surface area contributed by atoms with Gasteiger partial charge in [-0.2, -0.15) is 0 Å². The van der Waals surface area contributed by atoms with Crippen molar-refractivity contribution in [3.8, 4) is 0 Å². The van der Waals surface area contributed by atoms with Crippen LogP contribution in [0.3, 0.4) is 0 Å². The average molecular weight is 492 g/mol. The molecule has 190 valence electrons. The number of carbonyl (C=O) groups excluding carboxylic acids is 2. The van der Waals surface area contributed by atoms with Gasteiger partial charge in [0.15, 0.2) is 0 Å². The minimum atomic E-state index is -3.68. The first-order valence-corrected chi connectivity index (χ1v) is 15.8. The van der Waals surface area contributed by atoms with Crippen LogP contribution in [0.4, 0.5) is 0 Å². The van der Waals surface area contributed by atoms with Crippen LogP contribution in [0.15, 0.2) is 0 Å². The Morgan fingerprint density at radius 1 is 0.794 bits per heavy atom. The summed E-state index contributed by atoms with van der Waals surface area (Å²) < 4.78 is 32.6. The van der Waals surface area contributed by atoms with Gasteiger partial charge in [0.2, 0.25) is 15.9 Å². The lowest BCUT2D eigenvalue weighted by Gasteiger charge is -2.53. The largest absolute Gasteiger partial charge is 0.462 e. The minimum absolute atomic E-state index is 0.00258. The second-order valence-corrected chi connectivity index (χ2v) is 14.7. The van der Waals surface area contributed by atoms with Gasteiger partial charge in [-0.25, -0.2) is 8.42 Å². The molecule has 7 saturated carbocycles. The number of sulfonamides is 1. The monoisotopic (exact) mass is 491 g/mol. The molecule has 7 heteroatoms. The SMILES string of the molecule is CCC1CC(CC)C2C3CC(C(C(=O)NS(C)(=O)=O)C3C(=O)OC3C4CC5CC(C4)CC3C5)C12. The summed E-state index contributed by atoms with van der Waals surface area (Å²) in [5.41, 5.74) is 0. The molecule has 7 aliphatic rings. The molecule has 0 saturated heterocycles. The van der Waals surface area contributed by atoms with Gasteiger partial charge in [-0.3, -0.25) is 14.3 Å². The van der Waals surface area contributed by atoms with E-state index in [1.54, 1.807) is 0 Å². The van der Waals surface area contributed by atoms with E-state index in [9.17, 15) is 18.0 Å². The number of carbonyl (C=O) groups is 2. The zero-order valence-corrected chi connectivity index (χ0v) is 21.6. The molecule has 0 aromatic carbocycles. The predicted octanol–water partition coefficient (Wildman–Crippen LogP) is 4.00. The Kier molecular flexibility index (Phi) is 5.62. The van der Waals surface area contributed by atoms with Gasteiger partial charge < -0.3 is 4.74 Å². The van der Waals surface area contributed by atoms with Crippen molar-refractivity contribution < 1.29 is 22.7 Å². The molecule has 34 heavy (non-hydrogen) atoms. The summed E-state index contributed by atoms with van der Waals surface area (Å²) in [5, 5.41) is 0. The van der Waals surface area contributed by atoms with E-state index in [1.807, 2.05) is 0 Å². The van der Waals surface area contributed by atoms with E-state index >= 15 is 0 Å². The molecule has 0 heterocycles. The summed E-state index contributed by atoms with van der Waals surface area (Å²) in [7, 11) is -3.68. The van der Waals surface area contributed by atoms with Crippen LogP contribution < -0.4 is 4.72 Å². The van der Waals surface area contributed by atoms with E-state index in [1.165, 1.54) is 38.5 Å². The van der Waals surface area contributed by atoms with Crippen molar-refractivity contribution in [2.24, 2.45) is 71.0 Å². The molecule has 7 aliphatic carbocycles. The number of nitrogens with one attached hydrogen (secondary N) is 1. The summed E-state index contributed by atoms with van der Waals surface area (Å²) in [6, 6.07) is 0. The van der Waals surface area contributed by atoms with E-state index in [-0.39, 0.29) is 23.9 Å². The maximum absolute atomic E-state index is 13.9. The first kappa shape index (κ1) is 23.3. The molecule has 8 atom stereocenters. The van der Waals surface area contributed by atoms with Crippen LogP contribution in [0.1, 0.15) is 71.6 Å². The van der Waals surface area contributed by atoms with Gasteiger partial charge in [0.05, 0.1) is 18.1 Å².